The lowest BCUT2D eigenvalue weighted by Crippen LogP contribution is -2.27. The van der Waals surface area contributed by atoms with Crippen LogP contribution in [-0.4, -0.2) is 32.6 Å². The molecule has 0 bridgehead atoms. The molecule has 3 heterocycles. The van der Waals surface area contributed by atoms with Gasteiger partial charge in [-0.3, -0.25) is 19.8 Å². The average molecular weight is 458 g/mol. The number of amides is 2. The fourth-order valence-electron chi connectivity index (χ4n) is 2.60. The molecule has 2 amide bonds. The van der Waals surface area contributed by atoms with Crippen molar-refractivity contribution in [2.45, 2.75) is 6.54 Å². The highest BCUT2D eigenvalue weighted by Crippen LogP contribution is 2.33. The summed E-state index contributed by atoms with van der Waals surface area (Å²) in [5, 5.41) is 4.96. The number of rotatable bonds is 7. The number of aromatic nitrogens is 1. The summed E-state index contributed by atoms with van der Waals surface area (Å²) in [5.74, 6) is 0.787. The molecule has 1 N–H and O–H groups in total. The van der Waals surface area contributed by atoms with Gasteiger partial charge in [-0.15, -0.1) is 11.3 Å². The first-order valence-electron chi connectivity index (χ1n) is 8.78. The van der Waals surface area contributed by atoms with Gasteiger partial charge < -0.3 is 9.15 Å². The smallest absolute Gasteiger partial charge is 0.266 e. The van der Waals surface area contributed by atoms with E-state index in [1.807, 2.05) is 12.1 Å². The molecule has 10 heteroatoms. The quantitative estimate of drug-likeness (QED) is 0.421. The Bertz CT molecular complexity index is 1080. The van der Waals surface area contributed by atoms with Gasteiger partial charge in [0.15, 0.2) is 11.7 Å². The van der Waals surface area contributed by atoms with E-state index in [4.69, 9.17) is 21.4 Å². The third kappa shape index (κ3) is 4.96. The van der Waals surface area contributed by atoms with Crippen LogP contribution in [0.25, 0.3) is 6.08 Å². The van der Waals surface area contributed by atoms with Crippen molar-refractivity contribution in [2.75, 3.05) is 11.9 Å². The first kappa shape index (κ1) is 20.3. The first-order chi connectivity index (χ1) is 14.6. The molecule has 0 radical (unpaired) electrons. The lowest BCUT2D eigenvalue weighted by molar-refractivity contribution is -0.122. The Morgan fingerprint density at radius 3 is 2.83 bits per heavy atom. The molecule has 3 aromatic rings. The van der Waals surface area contributed by atoms with Gasteiger partial charge in [-0.05, 0) is 35.9 Å². The zero-order chi connectivity index (χ0) is 20.9. The molecule has 0 aliphatic carbocycles. The number of hydrogen-bond donors (Lipinski definition) is 1. The van der Waals surface area contributed by atoms with Crippen LogP contribution in [0.5, 0.6) is 5.75 Å². The van der Waals surface area contributed by atoms with Crippen molar-refractivity contribution in [2.24, 2.45) is 0 Å². The Hall–Kier alpha value is -2.95. The molecule has 1 aromatic carbocycles. The third-order valence-electron chi connectivity index (χ3n) is 3.99. The molecule has 7 nitrogen and oxygen atoms in total. The molecule has 4 rings (SSSR count). The van der Waals surface area contributed by atoms with Crippen molar-refractivity contribution < 1.29 is 18.7 Å². The summed E-state index contributed by atoms with van der Waals surface area (Å²) in [6, 6.07) is 10.7. The van der Waals surface area contributed by atoms with E-state index < -0.39 is 0 Å². The number of ether oxygens (including phenoxy) is 1. The van der Waals surface area contributed by atoms with Crippen molar-refractivity contribution >= 4 is 62.7 Å². The van der Waals surface area contributed by atoms with Crippen LogP contribution < -0.4 is 10.1 Å². The molecule has 30 heavy (non-hydrogen) atoms. The van der Waals surface area contributed by atoms with Crippen LogP contribution in [0.1, 0.15) is 11.3 Å². The summed E-state index contributed by atoms with van der Waals surface area (Å²) in [5.41, 5.74) is 0.827. The van der Waals surface area contributed by atoms with E-state index in [9.17, 15) is 9.59 Å². The van der Waals surface area contributed by atoms with Gasteiger partial charge in [-0.25, -0.2) is 4.98 Å². The molecule has 0 spiro atoms. The van der Waals surface area contributed by atoms with E-state index in [1.165, 1.54) is 28.0 Å². The molecule has 152 valence electrons. The van der Waals surface area contributed by atoms with Crippen molar-refractivity contribution in [3.63, 3.8) is 0 Å². The van der Waals surface area contributed by atoms with Crippen LogP contribution >= 0.6 is 35.3 Å². The summed E-state index contributed by atoms with van der Waals surface area (Å²) in [6.45, 7) is 0.190. The maximum Gasteiger partial charge on any atom is 0.266 e. The highest BCUT2D eigenvalue weighted by molar-refractivity contribution is 8.26. The van der Waals surface area contributed by atoms with Crippen LogP contribution in [0.4, 0.5) is 5.13 Å². The number of thioether (sulfide) groups is 1. The normalized spacial score (nSPS) is 15.1. The summed E-state index contributed by atoms with van der Waals surface area (Å²) >= 11 is 7.92. The van der Waals surface area contributed by atoms with Crippen LogP contribution in [0.15, 0.2) is 63.6 Å². The second-order valence-electron chi connectivity index (χ2n) is 6.09. The largest absolute Gasteiger partial charge is 0.484 e. The first-order valence-corrected chi connectivity index (χ1v) is 10.9. The van der Waals surface area contributed by atoms with Gasteiger partial charge in [-0.2, -0.15) is 0 Å². The van der Waals surface area contributed by atoms with Crippen LogP contribution in [0.2, 0.25) is 0 Å². The van der Waals surface area contributed by atoms with Crippen molar-refractivity contribution in [1.29, 1.82) is 0 Å². The Morgan fingerprint density at radius 2 is 2.13 bits per heavy atom. The SMILES string of the molecule is O=C(COc1ccc(/C=C2\SC(=S)N(Cc3ccco3)C2=O)cc1)Nc1nccs1. The Balaban J connectivity index is 1.34. The monoisotopic (exact) mass is 457 g/mol. The van der Waals surface area contributed by atoms with E-state index in [2.05, 4.69) is 10.3 Å². The topological polar surface area (TPSA) is 84.7 Å². The maximum absolute atomic E-state index is 12.7. The maximum atomic E-state index is 12.7. The average Bonchev–Trinajstić information content (AvgIpc) is 3.48. The van der Waals surface area contributed by atoms with Gasteiger partial charge in [0.1, 0.15) is 15.8 Å². The number of carbonyl (C=O) groups is 2. The van der Waals surface area contributed by atoms with Gasteiger partial charge in [0.05, 0.1) is 17.7 Å². The fourth-order valence-corrected chi connectivity index (χ4v) is 4.40. The Labute approximate surface area is 185 Å². The zero-order valence-corrected chi connectivity index (χ0v) is 17.9. The molecule has 0 atom stereocenters. The number of furan rings is 1. The Kier molecular flexibility index (Phi) is 6.26. The number of thiocarbonyl (C=S) groups is 1. The molecule has 2 aromatic heterocycles. The number of hydrogen-bond acceptors (Lipinski definition) is 8. The minimum Gasteiger partial charge on any atom is -0.484 e. The second kappa shape index (κ2) is 9.24. The summed E-state index contributed by atoms with van der Waals surface area (Å²) in [7, 11) is 0. The molecule has 1 saturated heterocycles. The number of carbonyl (C=O) groups excluding carboxylic acids is 2. The summed E-state index contributed by atoms with van der Waals surface area (Å²) in [6.07, 6.45) is 4.96. The van der Waals surface area contributed by atoms with Gasteiger partial charge in [-0.1, -0.05) is 36.1 Å². The predicted octanol–water partition coefficient (Wildman–Crippen LogP) is 4.16. The standard InChI is InChI=1S/C20H15N3O4S3/c24-17(22-19-21-7-9-29-19)12-27-14-5-3-13(4-6-14)10-16-18(25)23(20(28)30-16)11-15-2-1-8-26-15/h1-10H,11-12H2,(H,21,22,24)/b16-10-. The number of anilines is 1. The number of nitrogens with zero attached hydrogens (tertiary/aromatic N) is 2. The summed E-state index contributed by atoms with van der Waals surface area (Å²) < 4.78 is 11.3. The molecule has 1 aliphatic rings. The molecular formula is C20H15N3O4S3. The zero-order valence-electron chi connectivity index (χ0n) is 15.4. The highest BCUT2D eigenvalue weighted by atomic mass is 32.2. The minimum absolute atomic E-state index is 0.121. The van der Waals surface area contributed by atoms with Gasteiger partial charge in [0.25, 0.3) is 11.8 Å². The van der Waals surface area contributed by atoms with Crippen LogP contribution in [0, 0.1) is 0 Å². The van der Waals surface area contributed by atoms with E-state index >= 15 is 0 Å². The summed E-state index contributed by atoms with van der Waals surface area (Å²) in [4.78, 5) is 30.6. The lowest BCUT2D eigenvalue weighted by Gasteiger charge is -2.11. The number of nitrogens with one attached hydrogen (secondary N) is 1. The van der Waals surface area contributed by atoms with Crippen molar-refractivity contribution in [1.82, 2.24) is 9.88 Å². The fraction of sp³-hybridized carbons (Fsp3) is 0.100. The molecular weight excluding hydrogens is 442 g/mol. The number of thiazole rings is 1. The van der Waals surface area contributed by atoms with Gasteiger partial charge in [0.2, 0.25) is 0 Å². The van der Waals surface area contributed by atoms with Crippen LogP contribution in [0.3, 0.4) is 0 Å². The molecule has 1 fully saturated rings. The van der Waals surface area contributed by atoms with Crippen molar-refractivity contribution in [3.8, 4) is 5.75 Å². The van der Waals surface area contributed by atoms with Crippen LogP contribution in [-0.2, 0) is 16.1 Å². The highest BCUT2D eigenvalue weighted by Gasteiger charge is 2.32. The van der Waals surface area contributed by atoms with E-state index in [-0.39, 0.29) is 18.4 Å². The van der Waals surface area contributed by atoms with Gasteiger partial charge in [0, 0.05) is 11.6 Å². The minimum atomic E-state index is -0.283. The second-order valence-corrected chi connectivity index (χ2v) is 8.66. The Morgan fingerprint density at radius 1 is 1.30 bits per heavy atom. The third-order valence-corrected chi connectivity index (χ3v) is 6.06. The molecule has 1 aliphatic heterocycles. The van der Waals surface area contributed by atoms with E-state index in [0.717, 1.165) is 5.56 Å². The predicted molar refractivity (Wildman–Crippen MR) is 120 cm³/mol. The van der Waals surface area contributed by atoms with Gasteiger partial charge >= 0.3 is 0 Å². The number of benzene rings is 1. The lowest BCUT2D eigenvalue weighted by atomic mass is 10.2. The van der Waals surface area contributed by atoms with Crippen molar-refractivity contribution in [3.05, 3.63) is 70.5 Å². The van der Waals surface area contributed by atoms with E-state index in [0.29, 0.717) is 32.4 Å². The molecule has 0 unspecified atom stereocenters. The molecule has 0 saturated carbocycles. The van der Waals surface area contributed by atoms with E-state index in [1.54, 1.807) is 48.2 Å².